The molecular formula is C12H16ClN. The van der Waals surface area contributed by atoms with E-state index in [9.17, 15) is 0 Å². The third-order valence-electron chi connectivity index (χ3n) is 2.51. The normalized spacial score (nSPS) is 14.1. The van der Waals surface area contributed by atoms with Crippen molar-refractivity contribution in [2.24, 2.45) is 5.73 Å². The summed E-state index contributed by atoms with van der Waals surface area (Å²) in [6, 6.07) is 8.45. The molecule has 0 bridgehead atoms. The van der Waals surface area contributed by atoms with E-state index in [1.54, 1.807) is 5.54 Å². The van der Waals surface area contributed by atoms with Crippen LogP contribution in [0.25, 0.3) is 0 Å². The molecule has 14 heavy (non-hydrogen) atoms. The van der Waals surface area contributed by atoms with Gasteiger partial charge in [-0.1, -0.05) is 48.4 Å². The van der Waals surface area contributed by atoms with Crippen LogP contribution in [0.3, 0.4) is 0 Å². The maximum absolute atomic E-state index is 5.70. The predicted molar refractivity (Wildman–Crippen MR) is 62.6 cm³/mol. The molecule has 1 aromatic carbocycles. The number of aryl methyl sites for hydroxylation is 1. The van der Waals surface area contributed by atoms with E-state index >= 15 is 0 Å². The maximum atomic E-state index is 5.70. The summed E-state index contributed by atoms with van der Waals surface area (Å²) in [6.07, 6.45) is 0. The molecule has 0 saturated heterocycles. The van der Waals surface area contributed by atoms with Gasteiger partial charge in [-0.05, 0) is 18.1 Å². The smallest absolute Gasteiger partial charge is 0.0154 e. The first-order valence-corrected chi connectivity index (χ1v) is 5.18. The summed E-state index contributed by atoms with van der Waals surface area (Å²) in [5.74, 6) is 0.304. The first-order valence-electron chi connectivity index (χ1n) is 4.74. The fraction of sp³-hybridized carbons (Fsp3) is 0.333. The van der Waals surface area contributed by atoms with Crippen LogP contribution in [0.4, 0.5) is 0 Å². The second-order valence-electron chi connectivity index (χ2n) is 3.52. The first kappa shape index (κ1) is 11.3. The SMILES string of the molecule is Cc1ccc(C(C)/C(=C/Cl)CN)cc1. The minimum absolute atomic E-state index is 0.304. The van der Waals surface area contributed by atoms with Gasteiger partial charge in [0.25, 0.3) is 0 Å². The number of hydrogen-bond acceptors (Lipinski definition) is 1. The van der Waals surface area contributed by atoms with Gasteiger partial charge in [0.05, 0.1) is 0 Å². The lowest BCUT2D eigenvalue weighted by Crippen LogP contribution is -2.09. The van der Waals surface area contributed by atoms with Crippen LogP contribution < -0.4 is 5.73 Å². The van der Waals surface area contributed by atoms with Crippen LogP contribution in [-0.4, -0.2) is 6.54 Å². The van der Waals surface area contributed by atoms with E-state index < -0.39 is 0 Å². The monoisotopic (exact) mass is 209 g/mol. The van der Waals surface area contributed by atoms with Crippen molar-refractivity contribution in [3.05, 3.63) is 46.5 Å². The number of nitrogens with two attached hydrogens (primary N) is 1. The topological polar surface area (TPSA) is 26.0 Å². The van der Waals surface area contributed by atoms with Crippen molar-refractivity contribution < 1.29 is 0 Å². The molecule has 0 saturated carbocycles. The number of hydrogen-bond donors (Lipinski definition) is 1. The number of rotatable bonds is 3. The summed E-state index contributed by atoms with van der Waals surface area (Å²) in [6.45, 7) is 4.71. The molecule has 0 spiro atoms. The van der Waals surface area contributed by atoms with Gasteiger partial charge < -0.3 is 5.73 Å². The van der Waals surface area contributed by atoms with Crippen molar-refractivity contribution in [2.75, 3.05) is 6.54 Å². The Balaban J connectivity index is 2.89. The Labute approximate surface area is 90.6 Å². The molecule has 0 aliphatic carbocycles. The van der Waals surface area contributed by atoms with Crippen LogP contribution in [-0.2, 0) is 0 Å². The van der Waals surface area contributed by atoms with Crippen molar-refractivity contribution in [1.82, 2.24) is 0 Å². The molecule has 2 N–H and O–H groups in total. The van der Waals surface area contributed by atoms with E-state index in [-0.39, 0.29) is 0 Å². The Morgan fingerprint density at radius 2 is 2.00 bits per heavy atom. The molecule has 0 heterocycles. The van der Waals surface area contributed by atoms with Gasteiger partial charge in [-0.25, -0.2) is 0 Å². The molecule has 0 aliphatic heterocycles. The lowest BCUT2D eigenvalue weighted by molar-refractivity contribution is 0.859. The molecule has 0 aliphatic rings. The highest BCUT2D eigenvalue weighted by molar-refractivity contribution is 6.25. The van der Waals surface area contributed by atoms with E-state index in [4.69, 9.17) is 17.3 Å². The quantitative estimate of drug-likeness (QED) is 0.813. The Bertz CT molecular complexity index is 314. The first-order chi connectivity index (χ1) is 6.69. The number of halogens is 1. The minimum atomic E-state index is 0.304. The second kappa shape index (κ2) is 5.18. The van der Waals surface area contributed by atoms with Crippen molar-refractivity contribution >= 4 is 11.6 Å². The molecule has 0 radical (unpaired) electrons. The molecular weight excluding hydrogens is 194 g/mol. The van der Waals surface area contributed by atoms with Crippen molar-refractivity contribution in [1.29, 1.82) is 0 Å². The van der Waals surface area contributed by atoms with Crippen LogP contribution in [0.5, 0.6) is 0 Å². The van der Waals surface area contributed by atoms with Gasteiger partial charge in [0.2, 0.25) is 0 Å². The Morgan fingerprint density at radius 1 is 1.43 bits per heavy atom. The molecule has 1 unspecified atom stereocenters. The predicted octanol–water partition coefficient (Wildman–Crippen LogP) is 3.18. The third kappa shape index (κ3) is 2.60. The molecule has 76 valence electrons. The van der Waals surface area contributed by atoms with E-state index in [2.05, 4.69) is 38.1 Å². The fourth-order valence-electron chi connectivity index (χ4n) is 1.39. The lowest BCUT2D eigenvalue weighted by atomic mass is 9.93. The zero-order valence-electron chi connectivity index (χ0n) is 8.63. The highest BCUT2D eigenvalue weighted by Crippen LogP contribution is 2.23. The summed E-state index contributed by atoms with van der Waals surface area (Å²) in [7, 11) is 0. The van der Waals surface area contributed by atoms with Crippen molar-refractivity contribution in [3.8, 4) is 0 Å². The van der Waals surface area contributed by atoms with Gasteiger partial charge in [-0.3, -0.25) is 0 Å². The third-order valence-corrected chi connectivity index (χ3v) is 2.79. The highest BCUT2D eigenvalue weighted by atomic mass is 35.5. The van der Waals surface area contributed by atoms with Crippen LogP contribution in [0.2, 0.25) is 0 Å². The van der Waals surface area contributed by atoms with Crippen LogP contribution >= 0.6 is 11.6 Å². The Hall–Kier alpha value is -0.790. The highest BCUT2D eigenvalue weighted by Gasteiger charge is 2.08. The zero-order chi connectivity index (χ0) is 10.6. The zero-order valence-corrected chi connectivity index (χ0v) is 9.38. The number of benzene rings is 1. The average Bonchev–Trinajstić information content (AvgIpc) is 2.20. The van der Waals surface area contributed by atoms with Crippen molar-refractivity contribution in [3.63, 3.8) is 0 Å². The van der Waals surface area contributed by atoms with E-state index in [0.29, 0.717) is 12.5 Å². The van der Waals surface area contributed by atoms with E-state index in [1.807, 2.05) is 0 Å². The van der Waals surface area contributed by atoms with Gasteiger partial charge >= 0.3 is 0 Å². The molecule has 1 nitrogen and oxygen atoms in total. The van der Waals surface area contributed by atoms with Gasteiger partial charge in [0.15, 0.2) is 0 Å². The van der Waals surface area contributed by atoms with Crippen molar-refractivity contribution in [2.45, 2.75) is 19.8 Å². The van der Waals surface area contributed by atoms with Crippen LogP contribution in [0.15, 0.2) is 35.4 Å². The molecule has 0 amide bonds. The largest absolute Gasteiger partial charge is 0.327 e. The van der Waals surface area contributed by atoms with Gasteiger partial charge in [-0.2, -0.15) is 0 Å². The van der Waals surface area contributed by atoms with Crippen LogP contribution in [0.1, 0.15) is 24.0 Å². The standard InChI is InChI=1S/C12H16ClN/c1-9-3-5-11(6-4-9)10(2)12(7-13)8-14/h3-7,10H,8,14H2,1-2H3/b12-7+. The Kier molecular flexibility index (Phi) is 4.18. The molecule has 1 rings (SSSR count). The second-order valence-corrected chi connectivity index (χ2v) is 3.74. The van der Waals surface area contributed by atoms with E-state index in [1.165, 1.54) is 11.1 Å². The van der Waals surface area contributed by atoms with Gasteiger partial charge in [-0.15, -0.1) is 0 Å². The lowest BCUT2D eigenvalue weighted by Gasteiger charge is -2.14. The van der Waals surface area contributed by atoms with E-state index in [0.717, 1.165) is 5.57 Å². The van der Waals surface area contributed by atoms with Gasteiger partial charge in [0, 0.05) is 18.0 Å². The molecule has 1 atom stereocenters. The Morgan fingerprint density at radius 3 is 2.43 bits per heavy atom. The summed E-state index contributed by atoms with van der Waals surface area (Å²) >= 11 is 5.70. The summed E-state index contributed by atoms with van der Waals surface area (Å²) in [5.41, 5.74) is 10.8. The molecule has 1 aromatic rings. The minimum Gasteiger partial charge on any atom is -0.327 e. The average molecular weight is 210 g/mol. The summed E-state index contributed by atoms with van der Waals surface area (Å²) in [5, 5.41) is 0. The summed E-state index contributed by atoms with van der Waals surface area (Å²) < 4.78 is 0. The molecule has 0 fully saturated rings. The molecule has 2 heteroatoms. The fourth-order valence-corrected chi connectivity index (χ4v) is 1.66. The maximum Gasteiger partial charge on any atom is 0.0154 e. The summed E-state index contributed by atoms with van der Waals surface area (Å²) in [4.78, 5) is 0. The van der Waals surface area contributed by atoms with Crippen LogP contribution in [0, 0.1) is 6.92 Å². The van der Waals surface area contributed by atoms with Gasteiger partial charge in [0.1, 0.15) is 0 Å². The molecule has 0 aromatic heterocycles.